The van der Waals surface area contributed by atoms with Gasteiger partial charge in [-0.05, 0) is 38.0 Å². The number of fused-ring (bicyclic) bond motifs is 1. The maximum absolute atomic E-state index is 14.1. The van der Waals surface area contributed by atoms with Gasteiger partial charge in [0.2, 0.25) is 5.91 Å². The van der Waals surface area contributed by atoms with E-state index in [2.05, 4.69) is 15.0 Å². The topological polar surface area (TPSA) is 89.5 Å². The zero-order valence-corrected chi connectivity index (χ0v) is 17.9. The van der Waals surface area contributed by atoms with Crippen molar-refractivity contribution < 1.29 is 32.2 Å². The number of benzene rings is 1. The van der Waals surface area contributed by atoms with E-state index in [1.807, 2.05) is 0 Å². The largest absolute Gasteiger partial charge is 0.494 e. The van der Waals surface area contributed by atoms with Gasteiger partial charge < -0.3 is 20.1 Å². The molecule has 0 fully saturated rings. The number of aromatic nitrogens is 1. The van der Waals surface area contributed by atoms with Crippen LogP contribution in [0.3, 0.4) is 0 Å². The minimum Gasteiger partial charge on any atom is -0.494 e. The van der Waals surface area contributed by atoms with Crippen LogP contribution in [0.1, 0.15) is 34.1 Å². The Morgan fingerprint density at radius 2 is 1.90 bits per heavy atom. The summed E-state index contributed by atoms with van der Waals surface area (Å²) in [5, 5.41) is 3.70. The van der Waals surface area contributed by atoms with Gasteiger partial charge in [0, 0.05) is 6.42 Å². The van der Waals surface area contributed by atoms with Crippen molar-refractivity contribution >= 4 is 38.6 Å². The van der Waals surface area contributed by atoms with E-state index in [1.165, 1.54) is 6.92 Å². The van der Waals surface area contributed by atoms with Crippen LogP contribution in [-0.4, -0.2) is 41.9 Å². The number of nitrogens with zero attached hydrogens (tertiary/aromatic N) is 1. The van der Waals surface area contributed by atoms with Crippen molar-refractivity contribution in [2.45, 2.75) is 46.0 Å². The van der Waals surface area contributed by atoms with E-state index >= 15 is 0 Å². The summed E-state index contributed by atoms with van der Waals surface area (Å²) in [5.74, 6) is -2.28. The lowest BCUT2D eigenvalue weighted by Crippen LogP contribution is -2.69. The molecule has 30 heavy (non-hydrogen) atoms. The predicted molar refractivity (Wildman–Crippen MR) is 107 cm³/mol. The normalized spacial score (nSPS) is 13.7. The van der Waals surface area contributed by atoms with Crippen LogP contribution in [0.4, 0.5) is 18.3 Å². The second-order valence-electron chi connectivity index (χ2n) is 6.82. The number of amides is 1. The quantitative estimate of drug-likeness (QED) is 0.445. The zero-order chi connectivity index (χ0) is 22.5. The standard InChI is InChI=1S/C19H24F3N3O4S/c1-5-28-12-7-8-13-14(10-12)30-17(23-13)25-18(19(20,21)22,16(27)29-6-2)24-15(26)9-11(3)4/h7-8,10-11H,5-6,9H2,1-4H3,(H,23,25)(H,24,26)/t18-/m1/s1. The zero-order valence-electron chi connectivity index (χ0n) is 17.1. The molecule has 1 heterocycles. The summed E-state index contributed by atoms with van der Waals surface area (Å²) in [5.41, 5.74) is -3.05. The summed E-state index contributed by atoms with van der Waals surface area (Å²) in [6.07, 6.45) is -5.39. The minimum absolute atomic E-state index is 0.198. The molecule has 11 heteroatoms. The van der Waals surface area contributed by atoms with E-state index in [0.29, 0.717) is 22.6 Å². The molecule has 1 aromatic carbocycles. The van der Waals surface area contributed by atoms with Crippen molar-refractivity contribution in [2.24, 2.45) is 5.92 Å². The molecule has 1 aromatic heterocycles. The van der Waals surface area contributed by atoms with Crippen molar-refractivity contribution in [3.05, 3.63) is 18.2 Å². The van der Waals surface area contributed by atoms with Gasteiger partial charge in [-0.3, -0.25) is 4.79 Å². The van der Waals surface area contributed by atoms with Crippen LogP contribution in [0.25, 0.3) is 10.2 Å². The summed E-state index contributed by atoms with van der Waals surface area (Å²) >= 11 is 0.895. The predicted octanol–water partition coefficient (Wildman–Crippen LogP) is 4.09. The number of rotatable bonds is 9. The van der Waals surface area contributed by atoms with Crippen molar-refractivity contribution in [2.75, 3.05) is 18.5 Å². The average molecular weight is 447 g/mol. The third kappa shape index (κ3) is 5.32. The van der Waals surface area contributed by atoms with Crippen LogP contribution in [0.15, 0.2) is 18.2 Å². The highest BCUT2D eigenvalue weighted by Gasteiger charge is 2.64. The second kappa shape index (κ2) is 9.50. The van der Waals surface area contributed by atoms with Gasteiger partial charge in [-0.2, -0.15) is 13.2 Å². The van der Waals surface area contributed by atoms with Gasteiger partial charge in [-0.25, -0.2) is 9.78 Å². The van der Waals surface area contributed by atoms with Gasteiger partial charge in [0.15, 0.2) is 5.13 Å². The Bertz CT molecular complexity index is 901. The maximum Gasteiger partial charge on any atom is 0.442 e. The van der Waals surface area contributed by atoms with Crippen molar-refractivity contribution in [3.8, 4) is 5.75 Å². The van der Waals surface area contributed by atoms with E-state index in [9.17, 15) is 22.8 Å². The molecule has 2 rings (SSSR count). The van der Waals surface area contributed by atoms with Crippen LogP contribution >= 0.6 is 11.3 Å². The number of nitrogens with one attached hydrogen (secondary N) is 2. The molecule has 0 aliphatic heterocycles. The number of halogens is 3. The lowest BCUT2D eigenvalue weighted by atomic mass is 10.1. The number of esters is 1. The van der Waals surface area contributed by atoms with E-state index in [0.717, 1.165) is 11.3 Å². The van der Waals surface area contributed by atoms with Gasteiger partial charge in [-0.15, -0.1) is 0 Å². The fourth-order valence-corrected chi connectivity index (χ4v) is 3.59. The fourth-order valence-electron chi connectivity index (χ4n) is 2.64. The van der Waals surface area contributed by atoms with Crippen LogP contribution in [0.2, 0.25) is 0 Å². The van der Waals surface area contributed by atoms with Crippen LogP contribution in [0.5, 0.6) is 5.75 Å². The highest BCUT2D eigenvalue weighted by Crippen LogP contribution is 2.36. The number of hydrogen-bond acceptors (Lipinski definition) is 7. The molecule has 2 N–H and O–H groups in total. The molecule has 0 saturated heterocycles. The molecule has 0 saturated carbocycles. The molecule has 2 aromatic rings. The summed E-state index contributed by atoms with van der Waals surface area (Å²) < 4.78 is 53.0. The number of alkyl halides is 3. The Kier molecular flexibility index (Phi) is 7.51. The molecule has 0 aliphatic carbocycles. The van der Waals surface area contributed by atoms with Gasteiger partial charge in [-0.1, -0.05) is 25.2 Å². The molecule has 0 aliphatic rings. The first-order valence-electron chi connectivity index (χ1n) is 9.39. The number of anilines is 1. The molecule has 1 atom stereocenters. The molecule has 0 radical (unpaired) electrons. The highest BCUT2D eigenvalue weighted by molar-refractivity contribution is 7.22. The Morgan fingerprint density at radius 1 is 1.20 bits per heavy atom. The smallest absolute Gasteiger partial charge is 0.442 e. The number of hydrogen-bond donors (Lipinski definition) is 2. The molecule has 166 valence electrons. The Labute approximate surface area is 175 Å². The van der Waals surface area contributed by atoms with Gasteiger partial charge in [0.1, 0.15) is 5.75 Å². The van der Waals surface area contributed by atoms with Crippen LogP contribution < -0.4 is 15.4 Å². The monoisotopic (exact) mass is 447 g/mol. The summed E-state index contributed by atoms with van der Waals surface area (Å²) in [6, 6.07) is 4.87. The number of carbonyl (C=O) groups excluding carboxylic acids is 2. The van der Waals surface area contributed by atoms with Gasteiger partial charge >= 0.3 is 17.8 Å². The Hall–Kier alpha value is -2.56. The Morgan fingerprint density at radius 3 is 2.47 bits per heavy atom. The average Bonchev–Trinajstić information content (AvgIpc) is 3.01. The van der Waals surface area contributed by atoms with E-state index in [1.54, 1.807) is 44.3 Å². The van der Waals surface area contributed by atoms with Crippen molar-refractivity contribution in [1.82, 2.24) is 10.3 Å². The number of thiazole rings is 1. The van der Waals surface area contributed by atoms with E-state index in [-0.39, 0.29) is 24.1 Å². The van der Waals surface area contributed by atoms with Crippen molar-refractivity contribution in [1.29, 1.82) is 0 Å². The summed E-state index contributed by atoms with van der Waals surface area (Å²) in [4.78, 5) is 28.8. The summed E-state index contributed by atoms with van der Waals surface area (Å²) in [7, 11) is 0. The second-order valence-corrected chi connectivity index (χ2v) is 7.85. The molecular weight excluding hydrogens is 423 g/mol. The molecule has 7 nitrogen and oxygen atoms in total. The molecule has 0 bridgehead atoms. The first-order valence-corrected chi connectivity index (χ1v) is 10.2. The van der Waals surface area contributed by atoms with Gasteiger partial charge in [0.25, 0.3) is 0 Å². The number of ether oxygens (including phenoxy) is 2. The number of carbonyl (C=O) groups is 2. The molecular formula is C19H24F3N3O4S. The van der Waals surface area contributed by atoms with Crippen molar-refractivity contribution in [3.63, 3.8) is 0 Å². The van der Waals surface area contributed by atoms with Crippen LogP contribution in [-0.2, 0) is 14.3 Å². The van der Waals surface area contributed by atoms with Gasteiger partial charge in [0.05, 0.1) is 23.4 Å². The first kappa shape index (κ1) is 23.7. The van der Waals surface area contributed by atoms with E-state index < -0.39 is 23.7 Å². The SMILES string of the molecule is CCOC(=O)[C@@](NC(=O)CC(C)C)(Nc1nc2ccc(OCC)cc2s1)C(F)(F)F. The summed E-state index contributed by atoms with van der Waals surface area (Å²) in [6.45, 7) is 6.67. The lowest BCUT2D eigenvalue weighted by Gasteiger charge is -2.34. The lowest BCUT2D eigenvalue weighted by molar-refractivity contribution is -0.208. The third-order valence-corrected chi connectivity index (χ3v) is 4.83. The first-order chi connectivity index (χ1) is 14.0. The maximum atomic E-state index is 14.1. The Balaban J connectivity index is 2.48. The van der Waals surface area contributed by atoms with E-state index in [4.69, 9.17) is 4.74 Å². The minimum atomic E-state index is -5.19. The molecule has 1 amide bonds. The molecule has 0 spiro atoms. The fraction of sp³-hybridized carbons (Fsp3) is 0.526. The highest BCUT2D eigenvalue weighted by atomic mass is 32.1. The van der Waals surface area contributed by atoms with Crippen LogP contribution in [0, 0.1) is 5.92 Å². The third-order valence-electron chi connectivity index (χ3n) is 3.89. The molecule has 0 unspecified atom stereocenters.